The quantitative estimate of drug-likeness (QED) is 0.350. The zero-order valence-electron chi connectivity index (χ0n) is 11.6. The fourth-order valence-corrected chi connectivity index (χ4v) is 1.75. The molecule has 0 aliphatic rings. The maximum absolute atomic E-state index is 12.0. The zero-order valence-corrected chi connectivity index (χ0v) is 11.6. The molecular formula is C13H7N3O8. The van der Waals surface area contributed by atoms with Crippen molar-refractivity contribution in [2.45, 2.75) is 0 Å². The van der Waals surface area contributed by atoms with Gasteiger partial charge in [-0.3, -0.25) is 30.3 Å². The minimum absolute atomic E-state index is 0.197. The molecule has 0 saturated heterocycles. The lowest BCUT2D eigenvalue weighted by Gasteiger charge is -2.05. The van der Waals surface area contributed by atoms with Gasteiger partial charge in [0.25, 0.3) is 11.4 Å². The second kappa shape index (κ2) is 6.48. The van der Waals surface area contributed by atoms with Gasteiger partial charge >= 0.3 is 11.7 Å². The van der Waals surface area contributed by atoms with E-state index in [1.807, 2.05) is 0 Å². The maximum atomic E-state index is 12.0. The average Bonchev–Trinajstić information content (AvgIpc) is 2.54. The van der Waals surface area contributed by atoms with E-state index in [0.717, 1.165) is 24.3 Å². The Bertz CT molecular complexity index is 864. The highest BCUT2D eigenvalue weighted by molar-refractivity contribution is 5.92. The van der Waals surface area contributed by atoms with Crippen LogP contribution in [-0.2, 0) is 0 Å². The van der Waals surface area contributed by atoms with Crippen molar-refractivity contribution in [1.29, 1.82) is 0 Å². The number of nitro benzene ring substituents is 3. The van der Waals surface area contributed by atoms with Gasteiger partial charge in [0.1, 0.15) is 0 Å². The highest BCUT2D eigenvalue weighted by Crippen LogP contribution is 2.31. The van der Waals surface area contributed by atoms with Crippen LogP contribution in [-0.4, -0.2) is 20.7 Å². The molecule has 0 radical (unpaired) electrons. The van der Waals surface area contributed by atoms with Gasteiger partial charge in [-0.15, -0.1) is 0 Å². The van der Waals surface area contributed by atoms with Crippen molar-refractivity contribution in [3.63, 3.8) is 0 Å². The van der Waals surface area contributed by atoms with E-state index >= 15 is 0 Å². The molecule has 0 aliphatic carbocycles. The lowest BCUT2D eigenvalue weighted by Crippen LogP contribution is -2.10. The number of carbonyl (C=O) groups is 1. The number of nitrogens with zero attached hydrogens (tertiary/aromatic N) is 3. The number of carbonyl (C=O) groups excluding carboxylic acids is 1. The molecule has 0 spiro atoms. The van der Waals surface area contributed by atoms with Crippen LogP contribution in [0.5, 0.6) is 5.75 Å². The molecule has 0 atom stereocenters. The molecule has 2 aromatic carbocycles. The molecule has 11 heteroatoms. The standard InChI is InChI=1S/C13H7N3O8/c17-13(8-2-1-3-9(6-8)14(18)19)24-12-5-4-10(15(20)21)7-11(12)16(22)23/h1-7H. The Morgan fingerprint density at radius 1 is 0.833 bits per heavy atom. The fourth-order valence-electron chi connectivity index (χ4n) is 1.75. The molecule has 24 heavy (non-hydrogen) atoms. The first-order valence-electron chi connectivity index (χ1n) is 6.19. The van der Waals surface area contributed by atoms with Crippen LogP contribution >= 0.6 is 0 Å². The second-order valence-corrected chi connectivity index (χ2v) is 4.36. The molecule has 0 bridgehead atoms. The molecule has 2 rings (SSSR count). The molecule has 122 valence electrons. The zero-order chi connectivity index (χ0) is 17.9. The summed E-state index contributed by atoms with van der Waals surface area (Å²) in [5.74, 6) is -1.59. The smallest absolute Gasteiger partial charge is 0.344 e. The van der Waals surface area contributed by atoms with Crippen LogP contribution in [0.3, 0.4) is 0 Å². The summed E-state index contributed by atoms with van der Waals surface area (Å²) in [6.45, 7) is 0. The van der Waals surface area contributed by atoms with Crippen LogP contribution in [0.2, 0.25) is 0 Å². The van der Waals surface area contributed by atoms with Gasteiger partial charge in [0, 0.05) is 18.2 Å². The molecule has 11 nitrogen and oxygen atoms in total. The number of non-ortho nitro benzene ring substituents is 2. The van der Waals surface area contributed by atoms with Gasteiger partial charge in [0.15, 0.2) is 0 Å². The van der Waals surface area contributed by atoms with Crippen molar-refractivity contribution >= 4 is 23.0 Å². The van der Waals surface area contributed by atoms with Crippen LogP contribution in [0.15, 0.2) is 42.5 Å². The van der Waals surface area contributed by atoms with Gasteiger partial charge in [-0.2, -0.15) is 0 Å². The Morgan fingerprint density at radius 3 is 2.04 bits per heavy atom. The van der Waals surface area contributed by atoms with E-state index in [0.29, 0.717) is 6.07 Å². The fraction of sp³-hybridized carbons (Fsp3) is 0. The number of benzene rings is 2. The normalized spacial score (nSPS) is 10.0. The van der Waals surface area contributed by atoms with Crippen LogP contribution in [0.4, 0.5) is 17.1 Å². The van der Waals surface area contributed by atoms with Gasteiger partial charge in [-0.05, 0) is 12.1 Å². The predicted octanol–water partition coefficient (Wildman–Crippen LogP) is 2.63. The van der Waals surface area contributed by atoms with Crippen molar-refractivity contribution in [3.05, 3.63) is 78.4 Å². The summed E-state index contributed by atoms with van der Waals surface area (Å²) in [7, 11) is 0. The van der Waals surface area contributed by atoms with Gasteiger partial charge in [-0.25, -0.2) is 4.79 Å². The van der Waals surface area contributed by atoms with Crippen molar-refractivity contribution in [2.24, 2.45) is 0 Å². The van der Waals surface area contributed by atoms with Crippen LogP contribution < -0.4 is 4.74 Å². The summed E-state index contributed by atoms with van der Waals surface area (Å²) in [5.41, 5.74) is -1.88. The summed E-state index contributed by atoms with van der Waals surface area (Å²) in [4.78, 5) is 41.8. The number of rotatable bonds is 5. The lowest BCUT2D eigenvalue weighted by molar-refractivity contribution is -0.394. The van der Waals surface area contributed by atoms with Crippen LogP contribution in [0.1, 0.15) is 10.4 Å². The molecule has 2 aromatic rings. The first-order valence-corrected chi connectivity index (χ1v) is 6.19. The van der Waals surface area contributed by atoms with E-state index in [9.17, 15) is 35.1 Å². The lowest BCUT2D eigenvalue weighted by atomic mass is 10.2. The molecule has 0 saturated carbocycles. The second-order valence-electron chi connectivity index (χ2n) is 4.36. The molecule has 0 amide bonds. The van der Waals surface area contributed by atoms with E-state index in [1.165, 1.54) is 12.1 Å². The highest BCUT2D eigenvalue weighted by Gasteiger charge is 2.23. The molecule has 0 unspecified atom stereocenters. The molecule has 0 heterocycles. The van der Waals surface area contributed by atoms with E-state index in [-0.39, 0.29) is 11.3 Å². The van der Waals surface area contributed by atoms with Crippen LogP contribution in [0.25, 0.3) is 0 Å². The van der Waals surface area contributed by atoms with Crippen molar-refractivity contribution < 1.29 is 24.3 Å². The predicted molar refractivity (Wildman–Crippen MR) is 77.8 cm³/mol. The highest BCUT2D eigenvalue weighted by atomic mass is 16.6. The Kier molecular flexibility index (Phi) is 4.45. The molecule has 0 aromatic heterocycles. The third-order valence-electron chi connectivity index (χ3n) is 2.85. The topological polar surface area (TPSA) is 156 Å². The SMILES string of the molecule is O=C(Oc1ccc([N+](=O)[O-])cc1[N+](=O)[O-])c1cccc([N+](=O)[O-])c1. The Balaban J connectivity index is 2.35. The summed E-state index contributed by atoms with van der Waals surface area (Å²) in [6.07, 6.45) is 0. The maximum Gasteiger partial charge on any atom is 0.344 e. The van der Waals surface area contributed by atoms with E-state index in [1.54, 1.807) is 0 Å². The molecule has 0 fully saturated rings. The minimum atomic E-state index is -1.07. The largest absolute Gasteiger partial charge is 0.416 e. The number of ether oxygens (including phenoxy) is 1. The first kappa shape index (κ1) is 16.5. The van der Waals surface area contributed by atoms with E-state index < -0.39 is 37.9 Å². The van der Waals surface area contributed by atoms with Gasteiger partial charge < -0.3 is 4.74 Å². The average molecular weight is 333 g/mol. The third-order valence-corrected chi connectivity index (χ3v) is 2.85. The van der Waals surface area contributed by atoms with Crippen molar-refractivity contribution in [2.75, 3.05) is 0 Å². The van der Waals surface area contributed by atoms with Crippen molar-refractivity contribution in [3.8, 4) is 5.75 Å². The molecule has 0 aliphatic heterocycles. The van der Waals surface area contributed by atoms with Crippen LogP contribution in [0, 0.1) is 30.3 Å². The number of esters is 1. The van der Waals surface area contributed by atoms with E-state index in [2.05, 4.69) is 0 Å². The van der Waals surface area contributed by atoms with Gasteiger partial charge in [0.2, 0.25) is 5.75 Å². The Morgan fingerprint density at radius 2 is 1.46 bits per heavy atom. The van der Waals surface area contributed by atoms with Crippen molar-refractivity contribution in [1.82, 2.24) is 0 Å². The minimum Gasteiger partial charge on any atom is -0.416 e. The summed E-state index contributed by atoms with van der Waals surface area (Å²) >= 11 is 0. The number of hydrogen-bond acceptors (Lipinski definition) is 8. The first-order chi connectivity index (χ1) is 11.3. The molecular weight excluding hydrogens is 326 g/mol. The monoisotopic (exact) mass is 333 g/mol. The summed E-state index contributed by atoms with van der Waals surface area (Å²) in [6, 6.07) is 7.07. The van der Waals surface area contributed by atoms with E-state index in [4.69, 9.17) is 4.74 Å². The number of hydrogen-bond donors (Lipinski definition) is 0. The van der Waals surface area contributed by atoms with Gasteiger partial charge in [-0.1, -0.05) is 6.07 Å². The summed E-state index contributed by atoms with van der Waals surface area (Å²) in [5, 5.41) is 32.3. The third kappa shape index (κ3) is 3.47. The molecule has 0 N–H and O–H groups in total. The Labute approximate surface area is 132 Å². The number of nitro groups is 3. The Hall–Kier alpha value is -3.89. The summed E-state index contributed by atoms with van der Waals surface area (Å²) < 4.78 is 4.84. The van der Waals surface area contributed by atoms with Gasteiger partial charge in [0.05, 0.1) is 26.4 Å².